The Morgan fingerprint density at radius 2 is 1.05 bits per heavy atom. The smallest absolute Gasteiger partial charge is 0.249 e. The SMILES string of the molecule is CCCCCCCC/C=C/C=C/[C@@H](O)[C@H](CO)NC(=O)C(O)CCCCCCCCCCCCCCCCCC. The maximum atomic E-state index is 12.3. The zero-order chi connectivity index (χ0) is 29.5. The first-order chi connectivity index (χ1) is 19.6. The highest BCUT2D eigenvalue weighted by Gasteiger charge is 2.22. The molecule has 0 aliphatic heterocycles. The van der Waals surface area contributed by atoms with Crippen molar-refractivity contribution in [2.45, 2.75) is 186 Å². The van der Waals surface area contributed by atoms with Crippen molar-refractivity contribution < 1.29 is 20.1 Å². The minimum absolute atomic E-state index is 0.384. The summed E-state index contributed by atoms with van der Waals surface area (Å²) in [6.07, 6.45) is 34.8. The maximum Gasteiger partial charge on any atom is 0.249 e. The Labute approximate surface area is 248 Å². The Balaban J connectivity index is 3.77. The number of allylic oxidation sites excluding steroid dienone is 3. The summed E-state index contributed by atoms with van der Waals surface area (Å²) >= 11 is 0. The molecule has 5 heteroatoms. The predicted molar refractivity (Wildman–Crippen MR) is 171 cm³/mol. The maximum absolute atomic E-state index is 12.3. The molecule has 0 aliphatic rings. The summed E-state index contributed by atoms with van der Waals surface area (Å²) in [5, 5.41) is 32.7. The third-order valence-electron chi connectivity index (χ3n) is 7.85. The van der Waals surface area contributed by atoms with Gasteiger partial charge < -0.3 is 20.6 Å². The normalized spacial score (nSPS) is 14.2. The van der Waals surface area contributed by atoms with E-state index in [2.05, 4.69) is 25.2 Å². The molecule has 4 N–H and O–H groups in total. The molecule has 1 amide bonds. The molecule has 0 saturated carbocycles. The Morgan fingerprint density at radius 3 is 1.50 bits per heavy atom. The summed E-state index contributed by atoms with van der Waals surface area (Å²) in [5.41, 5.74) is 0. The van der Waals surface area contributed by atoms with Gasteiger partial charge in [-0.15, -0.1) is 0 Å². The molecule has 3 atom stereocenters. The van der Waals surface area contributed by atoms with E-state index in [1.165, 1.54) is 122 Å². The Kier molecular flexibility index (Phi) is 29.9. The van der Waals surface area contributed by atoms with E-state index in [1.807, 2.05) is 6.08 Å². The molecule has 0 radical (unpaired) electrons. The van der Waals surface area contributed by atoms with Crippen LogP contribution >= 0.6 is 0 Å². The Morgan fingerprint density at radius 1 is 0.625 bits per heavy atom. The van der Waals surface area contributed by atoms with Crippen molar-refractivity contribution in [3.63, 3.8) is 0 Å². The number of carbonyl (C=O) groups excluding carboxylic acids is 1. The molecule has 1 unspecified atom stereocenters. The zero-order valence-corrected chi connectivity index (χ0v) is 26.5. The highest BCUT2D eigenvalue weighted by molar-refractivity contribution is 5.80. The van der Waals surface area contributed by atoms with Crippen molar-refractivity contribution in [3.05, 3.63) is 24.3 Å². The van der Waals surface area contributed by atoms with Gasteiger partial charge in [-0.1, -0.05) is 173 Å². The second-order valence-electron chi connectivity index (χ2n) is 11.8. The summed E-state index contributed by atoms with van der Waals surface area (Å²) in [4.78, 5) is 12.3. The number of hydrogen-bond acceptors (Lipinski definition) is 4. The number of rotatable bonds is 30. The van der Waals surface area contributed by atoms with E-state index in [0.717, 1.165) is 25.7 Å². The van der Waals surface area contributed by atoms with Crippen LogP contribution in [0.1, 0.15) is 168 Å². The average Bonchev–Trinajstić information content (AvgIpc) is 2.96. The van der Waals surface area contributed by atoms with Gasteiger partial charge in [-0.2, -0.15) is 0 Å². The van der Waals surface area contributed by atoms with E-state index in [0.29, 0.717) is 6.42 Å². The Bertz CT molecular complexity index is 592. The van der Waals surface area contributed by atoms with E-state index in [1.54, 1.807) is 12.2 Å². The molecule has 40 heavy (non-hydrogen) atoms. The van der Waals surface area contributed by atoms with Gasteiger partial charge in [-0.25, -0.2) is 0 Å². The van der Waals surface area contributed by atoms with Crippen LogP contribution in [0.25, 0.3) is 0 Å². The molecule has 0 spiro atoms. The van der Waals surface area contributed by atoms with Crippen LogP contribution in [0, 0.1) is 0 Å². The summed E-state index contributed by atoms with van der Waals surface area (Å²) in [6.45, 7) is 4.11. The fourth-order valence-electron chi connectivity index (χ4n) is 5.06. The fraction of sp³-hybridized carbons (Fsp3) is 0.857. The summed E-state index contributed by atoms with van der Waals surface area (Å²) < 4.78 is 0. The zero-order valence-electron chi connectivity index (χ0n) is 26.5. The number of aliphatic hydroxyl groups excluding tert-OH is 3. The van der Waals surface area contributed by atoms with Gasteiger partial charge >= 0.3 is 0 Å². The van der Waals surface area contributed by atoms with Gasteiger partial charge in [0.1, 0.15) is 6.10 Å². The van der Waals surface area contributed by atoms with Crippen molar-refractivity contribution in [2.75, 3.05) is 6.61 Å². The van der Waals surface area contributed by atoms with Crippen molar-refractivity contribution in [1.29, 1.82) is 0 Å². The van der Waals surface area contributed by atoms with E-state index in [4.69, 9.17) is 0 Å². The monoisotopic (exact) mass is 566 g/mol. The first-order valence-electron chi connectivity index (χ1n) is 17.2. The van der Waals surface area contributed by atoms with E-state index in [-0.39, 0.29) is 6.61 Å². The molecule has 0 saturated heterocycles. The molecule has 0 bridgehead atoms. The van der Waals surface area contributed by atoms with Crippen LogP contribution in [-0.2, 0) is 4.79 Å². The van der Waals surface area contributed by atoms with E-state index in [9.17, 15) is 20.1 Å². The second kappa shape index (κ2) is 30.8. The number of carbonyl (C=O) groups is 1. The van der Waals surface area contributed by atoms with Gasteiger partial charge in [-0.3, -0.25) is 4.79 Å². The van der Waals surface area contributed by atoms with Crippen LogP contribution in [0.4, 0.5) is 0 Å². The number of aliphatic hydroxyl groups is 3. The highest BCUT2D eigenvalue weighted by Crippen LogP contribution is 2.14. The lowest BCUT2D eigenvalue weighted by Crippen LogP contribution is -2.48. The largest absolute Gasteiger partial charge is 0.394 e. The third-order valence-corrected chi connectivity index (χ3v) is 7.85. The van der Waals surface area contributed by atoms with Crippen LogP contribution in [0.2, 0.25) is 0 Å². The van der Waals surface area contributed by atoms with Gasteiger partial charge in [0, 0.05) is 0 Å². The van der Waals surface area contributed by atoms with Gasteiger partial charge in [0.2, 0.25) is 5.91 Å². The first-order valence-corrected chi connectivity index (χ1v) is 17.2. The van der Waals surface area contributed by atoms with Crippen LogP contribution < -0.4 is 5.32 Å². The molecule has 0 rings (SSSR count). The molecular weight excluding hydrogens is 498 g/mol. The molecule has 0 aromatic rings. The topological polar surface area (TPSA) is 89.8 Å². The lowest BCUT2D eigenvalue weighted by Gasteiger charge is -2.21. The number of nitrogens with one attached hydrogen (secondary N) is 1. The molecule has 0 aromatic heterocycles. The summed E-state index contributed by atoms with van der Waals surface area (Å²) in [7, 11) is 0. The first kappa shape index (κ1) is 38.8. The van der Waals surface area contributed by atoms with Gasteiger partial charge in [-0.05, 0) is 19.3 Å². The van der Waals surface area contributed by atoms with E-state index >= 15 is 0 Å². The van der Waals surface area contributed by atoms with Crippen LogP contribution in [-0.4, -0.2) is 46.1 Å². The summed E-state index contributed by atoms with van der Waals surface area (Å²) in [5.74, 6) is -0.522. The predicted octanol–water partition coefficient (Wildman–Crippen LogP) is 8.70. The standard InChI is InChI=1S/C35H67NO4/c1-3-5-7-9-11-13-15-16-17-18-19-20-22-24-26-28-30-34(39)35(40)36-32(31-37)33(38)29-27-25-23-21-14-12-10-8-6-4-2/h23,25,27,29,32-34,37-39H,3-22,24,26,28,30-31H2,1-2H3,(H,36,40)/b25-23+,29-27+/t32-,33+,34?/m0/s1. The minimum atomic E-state index is -1.10. The fourth-order valence-corrected chi connectivity index (χ4v) is 5.06. The molecule has 5 nitrogen and oxygen atoms in total. The number of unbranched alkanes of at least 4 members (excludes halogenated alkanes) is 21. The molecule has 0 heterocycles. The average molecular weight is 566 g/mol. The van der Waals surface area contributed by atoms with Crippen molar-refractivity contribution in [1.82, 2.24) is 5.32 Å². The van der Waals surface area contributed by atoms with Gasteiger partial charge in [0.15, 0.2) is 0 Å². The van der Waals surface area contributed by atoms with E-state index < -0.39 is 24.2 Å². The molecule has 0 fully saturated rings. The Hall–Kier alpha value is -1.17. The van der Waals surface area contributed by atoms with Gasteiger partial charge in [0.05, 0.1) is 18.8 Å². The van der Waals surface area contributed by atoms with Crippen LogP contribution in [0.15, 0.2) is 24.3 Å². The van der Waals surface area contributed by atoms with Crippen LogP contribution in [0.5, 0.6) is 0 Å². The number of amides is 1. The molecule has 0 aromatic carbocycles. The lowest BCUT2D eigenvalue weighted by molar-refractivity contribution is -0.131. The lowest BCUT2D eigenvalue weighted by atomic mass is 10.0. The molecular formula is C35H67NO4. The second-order valence-corrected chi connectivity index (χ2v) is 11.8. The van der Waals surface area contributed by atoms with Crippen molar-refractivity contribution in [3.8, 4) is 0 Å². The number of hydrogen-bond donors (Lipinski definition) is 4. The van der Waals surface area contributed by atoms with Gasteiger partial charge in [0.25, 0.3) is 0 Å². The highest BCUT2D eigenvalue weighted by atomic mass is 16.3. The third kappa shape index (κ3) is 25.8. The van der Waals surface area contributed by atoms with Crippen LogP contribution in [0.3, 0.4) is 0 Å². The molecule has 236 valence electrons. The molecule has 0 aliphatic carbocycles. The quantitative estimate of drug-likeness (QED) is 0.0518. The minimum Gasteiger partial charge on any atom is -0.394 e. The summed E-state index contributed by atoms with van der Waals surface area (Å²) in [6, 6.07) is -0.823. The van der Waals surface area contributed by atoms with Crippen molar-refractivity contribution in [2.24, 2.45) is 0 Å². The van der Waals surface area contributed by atoms with Crippen molar-refractivity contribution >= 4 is 5.91 Å².